The number of halogens is 2. The van der Waals surface area contributed by atoms with Crippen molar-refractivity contribution in [1.82, 2.24) is 5.32 Å². The standard InChI is InChI=1S/C15H17Br2NS/c1-9-4-5-13(10(2)6-9)11(3)18-8-12-7-14(16)15(17)19-12/h4-7,11,18H,8H2,1-3H3. The molecule has 1 aromatic carbocycles. The lowest BCUT2D eigenvalue weighted by atomic mass is 10.0. The first-order valence-corrected chi connectivity index (χ1v) is 8.62. The van der Waals surface area contributed by atoms with Gasteiger partial charge in [-0.15, -0.1) is 11.3 Å². The topological polar surface area (TPSA) is 12.0 Å². The summed E-state index contributed by atoms with van der Waals surface area (Å²) >= 11 is 8.82. The van der Waals surface area contributed by atoms with E-state index >= 15 is 0 Å². The van der Waals surface area contributed by atoms with Crippen LogP contribution in [0.5, 0.6) is 0 Å². The van der Waals surface area contributed by atoms with Gasteiger partial charge in [0, 0.05) is 21.9 Å². The van der Waals surface area contributed by atoms with Gasteiger partial charge in [-0.2, -0.15) is 0 Å². The molecule has 19 heavy (non-hydrogen) atoms. The van der Waals surface area contributed by atoms with Crippen molar-refractivity contribution in [2.24, 2.45) is 0 Å². The summed E-state index contributed by atoms with van der Waals surface area (Å²) in [5.74, 6) is 0. The molecule has 0 aliphatic rings. The zero-order valence-corrected chi connectivity index (χ0v) is 15.2. The summed E-state index contributed by atoms with van der Waals surface area (Å²) < 4.78 is 2.29. The first-order valence-electron chi connectivity index (χ1n) is 6.21. The summed E-state index contributed by atoms with van der Waals surface area (Å²) in [6.45, 7) is 7.42. The molecule has 0 saturated carbocycles. The molecule has 4 heteroatoms. The zero-order chi connectivity index (χ0) is 14.0. The second-order valence-corrected chi connectivity index (χ2v) is 8.11. The highest BCUT2D eigenvalue weighted by molar-refractivity contribution is 9.13. The van der Waals surface area contributed by atoms with Crippen LogP contribution in [-0.2, 0) is 6.54 Å². The molecule has 0 fully saturated rings. The summed E-state index contributed by atoms with van der Waals surface area (Å²) in [5.41, 5.74) is 4.05. The molecule has 2 aromatic rings. The molecular formula is C15H17Br2NS. The molecule has 0 aliphatic carbocycles. The predicted molar refractivity (Wildman–Crippen MR) is 90.9 cm³/mol. The van der Waals surface area contributed by atoms with E-state index in [1.807, 2.05) is 0 Å². The molecule has 1 N–H and O–H groups in total. The number of hydrogen-bond donors (Lipinski definition) is 1. The molecule has 2 rings (SSSR count). The smallest absolute Gasteiger partial charge is 0.0843 e. The average Bonchev–Trinajstić information content (AvgIpc) is 2.66. The van der Waals surface area contributed by atoms with Crippen LogP contribution in [0.15, 0.2) is 32.5 Å². The fraction of sp³-hybridized carbons (Fsp3) is 0.333. The van der Waals surface area contributed by atoms with E-state index in [4.69, 9.17) is 0 Å². The van der Waals surface area contributed by atoms with E-state index in [0.29, 0.717) is 6.04 Å². The van der Waals surface area contributed by atoms with Crippen molar-refractivity contribution >= 4 is 43.2 Å². The maximum atomic E-state index is 3.58. The van der Waals surface area contributed by atoms with Crippen LogP contribution >= 0.6 is 43.2 Å². The van der Waals surface area contributed by atoms with Gasteiger partial charge in [-0.3, -0.25) is 0 Å². The molecule has 0 amide bonds. The van der Waals surface area contributed by atoms with Crippen LogP contribution in [0, 0.1) is 13.8 Å². The minimum Gasteiger partial charge on any atom is -0.305 e. The van der Waals surface area contributed by atoms with Crippen molar-refractivity contribution < 1.29 is 0 Å². The Kier molecular flexibility index (Phi) is 5.23. The van der Waals surface area contributed by atoms with Gasteiger partial charge >= 0.3 is 0 Å². The van der Waals surface area contributed by atoms with Gasteiger partial charge in [0.15, 0.2) is 0 Å². The van der Waals surface area contributed by atoms with E-state index in [1.165, 1.54) is 21.6 Å². The Labute approximate surface area is 135 Å². The normalized spacial score (nSPS) is 12.7. The minimum atomic E-state index is 0.361. The van der Waals surface area contributed by atoms with Gasteiger partial charge in [-0.25, -0.2) is 0 Å². The van der Waals surface area contributed by atoms with Gasteiger partial charge in [0.2, 0.25) is 0 Å². The number of hydrogen-bond acceptors (Lipinski definition) is 2. The van der Waals surface area contributed by atoms with Gasteiger partial charge in [0.1, 0.15) is 0 Å². The van der Waals surface area contributed by atoms with Crippen LogP contribution in [0.4, 0.5) is 0 Å². The first kappa shape index (κ1) is 15.2. The van der Waals surface area contributed by atoms with Crippen LogP contribution in [-0.4, -0.2) is 0 Å². The van der Waals surface area contributed by atoms with Gasteiger partial charge < -0.3 is 5.32 Å². The summed E-state index contributed by atoms with van der Waals surface area (Å²) in [5, 5.41) is 3.58. The average molecular weight is 403 g/mol. The Bertz CT molecular complexity index is 558. The Balaban J connectivity index is 2.03. The molecule has 1 atom stereocenters. The van der Waals surface area contributed by atoms with Crippen LogP contribution in [0.1, 0.15) is 34.5 Å². The summed E-state index contributed by atoms with van der Waals surface area (Å²) in [7, 11) is 0. The van der Waals surface area contributed by atoms with Crippen LogP contribution in [0.25, 0.3) is 0 Å². The Morgan fingerprint density at radius 3 is 2.53 bits per heavy atom. The van der Waals surface area contributed by atoms with E-state index in [9.17, 15) is 0 Å². The highest BCUT2D eigenvalue weighted by Crippen LogP contribution is 2.32. The fourth-order valence-electron chi connectivity index (χ4n) is 2.15. The van der Waals surface area contributed by atoms with E-state index < -0.39 is 0 Å². The monoisotopic (exact) mass is 401 g/mol. The largest absolute Gasteiger partial charge is 0.305 e. The lowest BCUT2D eigenvalue weighted by molar-refractivity contribution is 0.576. The lowest BCUT2D eigenvalue weighted by Crippen LogP contribution is -2.18. The molecule has 0 radical (unpaired) electrons. The van der Waals surface area contributed by atoms with Crippen molar-refractivity contribution in [2.75, 3.05) is 0 Å². The van der Waals surface area contributed by atoms with E-state index in [-0.39, 0.29) is 0 Å². The zero-order valence-electron chi connectivity index (χ0n) is 11.3. The highest BCUT2D eigenvalue weighted by Gasteiger charge is 2.09. The Morgan fingerprint density at radius 1 is 1.21 bits per heavy atom. The molecule has 102 valence electrons. The van der Waals surface area contributed by atoms with Crippen molar-refractivity contribution in [3.8, 4) is 0 Å². The first-order chi connectivity index (χ1) is 8.97. The second-order valence-electron chi connectivity index (χ2n) is 4.80. The third kappa shape index (κ3) is 3.91. The molecular weight excluding hydrogens is 386 g/mol. The molecule has 1 aromatic heterocycles. The fourth-order valence-corrected chi connectivity index (χ4v) is 4.28. The van der Waals surface area contributed by atoms with E-state index in [1.54, 1.807) is 11.3 Å². The van der Waals surface area contributed by atoms with Crippen molar-refractivity contribution in [1.29, 1.82) is 0 Å². The van der Waals surface area contributed by atoms with Crippen molar-refractivity contribution in [3.05, 3.63) is 54.1 Å². The number of rotatable bonds is 4. The van der Waals surface area contributed by atoms with Crippen LogP contribution in [0.3, 0.4) is 0 Å². The maximum Gasteiger partial charge on any atom is 0.0843 e. The number of thiophene rings is 1. The SMILES string of the molecule is Cc1ccc(C(C)NCc2cc(Br)c(Br)s2)c(C)c1. The minimum absolute atomic E-state index is 0.361. The Morgan fingerprint density at radius 2 is 1.95 bits per heavy atom. The Hall–Kier alpha value is -0.160. The van der Waals surface area contributed by atoms with Crippen LogP contribution < -0.4 is 5.32 Å². The lowest BCUT2D eigenvalue weighted by Gasteiger charge is -2.16. The molecule has 0 aliphatic heterocycles. The molecule has 1 heterocycles. The van der Waals surface area contributed by atoms with Crippen LogP contribution in [0.2, 0.25) is 0 Å². The highest BCUT2D eigenvalue weighted by atomic mass is 79.9. The third-order valence-corrected chi connectivity index (χ3v) is 6.43. The van der Waals surface area contributed by atoms with Gasteiger partial charge in [0.25, 0.3) is 0 Å². The maximum absolute atomic E-state index is 3.58. The molecule has 1 nitrogen and oxygen atoms in total. The van der Waals surface area contributed by atoms with Crippen molar-refractivity contribution in [3.63, 3.8) is 0 Å². The van der Waals surface area contributed by atoms with E-state index in [2.05, 4.69) is 82.2 Å². The van der Waals surface area contributed by atoms with Crippen molar-refractivity contribution in [2.45, 2.75) is 33.4 Å². The molecule has 0 bridgehead atoms. The van der Waals surface area contributed by atoms with Gasteiger partial charge in [0.05, 0.1) is 3.79 Å². The predicted octanol–water partition coefficient (Wildman–Crippen LogP) is 5.74. The summed E-state index contributed by atoms with van der Waals surface area (Å²) in [6, 6.07) is 9.17. The third-order valence-electron chi connectivity index (χ3n) is 3.17. The van der Waals surface area contributed by atoms with E-state index in [0.717, 1.165) is 14.8 Å². The van der Waals surface area contributed by atoms with Gasteiger partial charge in [-0.1, -0.05) is 23.8 Å². The number of benzene rings is 1. The number of nitrogens with one attached hydrogen (secondary N) is 1. The summed E-state index contributed by atoms with van der Waals surface area (Å²) in [6.07, 6.45) is 0. The number of aryl methyl sites for hydroxylation is 2. The van der Waals surface area contributed by atoms with Gasteiger partial charge in [-0.05, 0) is 69.8 Å². The molecule has 0 spiro atoms. The summed E-state index contributed by atoms with van der Waals surface area (Å²) in [4.78, 5) is 1.33. The molecule has 1 unspecified atom stereocenters. The quantitative estimate of drug-likeness (QED) is 0.687. The molecule has 0 saturated heterocycles. The second kappa shape index (κ2) is 6.53.